The van der Waals surface area contributed by atoms with Crippen molar-refractivity contribution < 1.29 is 9.53 Å². The Balaban J connectivity index is 2.07. The molecule has 2 N–H and O–H groups in total. The maximum atomic E-state index is 11.7. The zero-order valence-electron chi connectivity index (χ0n) is 10.0. The van der Waals surface area contributed by atoms with Crippen LogP contribution in [0.25, 0.3) is 0 Å². The summed E-state index contributed by atoms with van der Waals surface area (Å²) in [6, 6.07) is 7.30. The molecule has 1 heterocycles. The molecule has 1 amide bonds. The van der Waals surface area contributed by atoms with Crippen LogP contribution in [-0.4, -0.2) is 33.6 Å². The third-order valence-electron chi connectivity index (χ3n) is 2.49. The molecule has 0 aliphatic carbocycles. The van der Waals surface area contributed by atoms with Crippen molar-refractivity contribution in [2.45, 2.75) is 13.0 Å². The van der Waals surface area contributed by atoms with Crippen molar-refractivity contribution in [3.63, 3.8) is 0 Å². The number of aromatic amines is 1. The van der Waals surface area contributed by atoms with Gasteiger partial charge in [0.05, 0.1) is 13.2 Å². The molecule has 1 aromatic heterocycles. The zero-order valence-corrected chi connectivity index (χ0v) is 10.0. The first-order valence-corrected chi connectivity index (χ1v) is 5.39. The van der Waals surface area contributed by atoms with Crippen molar-refractivity contribution in [2.24, 2.45) is 0 Å². The number of hydrogen-bond acceptors (Lipinski definition) is 5. The summed E-state index contributed by atoms with van der Waals surface area (Å²) in [4.78, 5) is 11.7. The Kier molecular flexibility index (Phi) is 3.52. The number of rotatable bonds is 4. The predicted molar refractivity (Wildman–Crippen MR) is 63.1 cm³/mol. The van der Waals surface area contributed by atoms with Gasteiger partial charge in [-0.2, -0.15) is 5.21 Å². The van der Waals surface area contributed by atoms with E-state index in [0.717, 1.165) is 11.3 Å². The van der Waals surface area contributed by atoms with Gasteiger partial charge < -0.3 is 10.1 Å². The third-order valence-corrected chi connectivity index (χ3v) is 2.49. The Morgan fingerprint density at radius 3 is 3.00 bits per heavy atom. The van der Waals surface area contributed by atoms with Crippen molar-refractivity contribution in [1.82, 2.24) is 25.9 Å². The second kappa shape index (κ2) is 5.26. The summed E-state index contributed by atoms with van der Waals surface area (Å²) >= 11 is 0. The summed E-state index contributed by atoms with van der Waals surface area (Å²) in [6.07, 6.45) is 0. The van der Waals surface area contributed by atoms with Gasteiger partial charge in [0.1, 0.15) is 5.75 Å². The minimum absolute atomic E-state index is 0.0183. The fourth-order valence-corrected chi connectivity index (χ4v) is 1.51. The third kappa shape index (κ3) is 2.62. The van der Waals surface area contributed by atoms with Crippen LogP contribution in [0.2, 0.25) is 0 Å². The maximum Gasteiger partial charge on any atom is 0.293 e. The minimum Gasteiger partial charge on any atom is -0.497 e. The highest BCUT2D eigenvalue weighted by Gasteiger charge is 2.15. The number of nitrogens with zero attached hydrogens (tertiary/aromatic N) is 3. The fourth-order valence-electron chi connectivity index (χ4n) is 1.51. The number of tetrazole rings is 1. The first kappa shape index (κ1) is 12.0. The molecular weight excluding hydrogens is 234 g/mol. The monoisotopic (exact) mass is 247 g/mol. The Labute approximate surface area is 104 Å². The molecule has 0 saturated carbocycles. The van der Waals surface area contributed by atoms with E-state index in [-0.39, 0.29) is 17.8 Å². The first-order chi connectivity index (χ1) is 8.70. The van der Waals surface area contributed by atoms with Gasteiger partial charge in [0.15, 0.2) is 0 Å². The lowest BCUT2D eigenvalue weighted by molar-refractivity contribution is 0.0929. The molecule has 0 saturated heterocycles. The lowest BCUT2D eigenvalue weighted by Gasteiger charge is -2.13. The molecule has 0 radical (unpaired) electrons. The lowest BCUT2D eigenvalue weighted by Crippen LogP contribution is -2.27. The maximum absolute atomic E-state index is 11.7. The number of methoxy groups -OCH3 is 1. The quantitative estimate of drug-likeness (QED) is 0.829. The van der Waals surface area contributed by atoms with Crippen molar-refractivity contribution in [3.05, 3.63) is 35.7 Å². The fraction of sp³-hybridized carbons (Fsp3) is 0.273. The molecule has 2 aromatic rings. The number of amides is 1. The average molecular weight is 247 g/mol. The van der Waals surface area contributed by atoms with Crippen molar-refractivity contribution in [1.29, 1.82) is 0 Å². The van der Waals surface area contributed by atoms with Crippen LogP contribution in [0.4, 0.5) is 0 Å². The van der Waals surface area contributed by atoms with Crippen LogP contribution in [0.15, 0.2) is 24.3 Å². The molecule has 7 heteroatoms. The normalized spacial score (nSPS) is 11.9. The molecule has 7 nitrogen and oxygen atoms in total. The van der Waals surface area contributed by atoms with Gasteiger partial charge in [-0.15, -0.1) is 10.2 Å². The molecule has 0 bridgehead atoms. The van der Waals surface area contributed by atoms with Gasteiger partial charge in [-0.05, 0) is 29.8 Å². The Hall–Kier alpha value is -2.44. The van der Waals surface area contributed by atoms with Gasteiger partial charge >= 0.3 is 0 Å². The summed E-state index contributed by atoms with van der Waals surface area (Å²) < 4.78 is 5.13. The topological polar surface area (TPSA) is 92.8 Å². The van der Waals surface area contributed by atoms with Gasteiger partial charge in [-0.25, -0.2) is 0 Å². The molecule has 0 spiro atoms. The van der Waals surface area contributed by atoms with Gasteiger partial charge in [0.2, 0.25) is 0 Å². The molecule has 94 valence electrons. The molecule has 0 aliphatic heterocycles. The molecule has 0 aliphatic rings. The Morgan fingerprint density at radius 1 is 1.50 bits per heavy atom. The van der Waals surface area contributed by atoms with E-state index in [1.807, 2.05) is 31.2 Å². The summed E-state index contributed by atoms with van der Waals surface area (Å²) in [5, 5.41) is 15.6. The Bertz CT molecular complexity index is 526. The second-order valence-electron chi connectivity index (χ2n) is 3.71. The van der Waals surface area contributed by atoms with Crippen LogP contribution in [0.5, 0.6) is 5.75 Å². The van der Waals surface area contributed by atoms with E-state index in [0.29, 0.717) is 0 Å². The molecule has 1 unspecified atom stereocenters. The summed E-state index contributed by atoms with van der Waals surface area (Å²) in [5.74, 6) is 0.386. The van der Waals surface area contributed by atoms with Crippen LogP contribution in [0.1, 0.15) is 29.1 Å². The molecule has 0 fully saturated rings. The highest BCUT2D eigenvalue weighted by atomic mass is 16.5. The zero-order chi connectivity index (χ0) is 13.0. The Morgan fingerprint density at radius 2 is 2.33 bits per heavy atom. The van der Waals surface area contributed by atoms with Gasteiger partial charge in [0, 0.05) is 0 Å². The number of ether oxygens (including phenoxy) is 1. The van der Waals surface area contributed by atoms with Crippen molar-refractivity contribution in [3.8, 4) is 5.75 Å². The number of hydrogen-bond donors (Lipinski definition) is 2. The van der Waals surface area contributed by atoms with Crippen LogP contribution < -0.4 is 10.1 Å². The molecule has 18 heavy (non-hydrogen) atoms. The van der Waals surface area contributed by atoms with E-state index < -0.39 is 0 Å². The van der Waals surface area contributed by atoms with E-state index in [2.05, 4.69) is 25.9 Å². The lowest BCUT2D eigenvalue weighted by atomic mass is 10.1. The largest absolute Gasteiger partial charge is 0.497 e. The van der Waals surface area contributed by atoms with Crippen molar-refractivity contribution >= 4 is 5.91 Å². The highest BCUT2D eigenvalue weighted by molar-refractivity contribution is 5.90. The molecule has 2 rings (SSSR count). The van der Waals surface area contributed by atoms with Gasteiger partial charge in [-0.3, -0.25) is 4.79 Å². The van der Waals surface area contributed by atoms with E-state index in [9.17, 15) is 4.79 Å². The van der Waals surface area contributed by atoms with Crippen LogP contribution >= 0.6 is 0 Å². The number of nitrogens with one attached hydrogen (secondary N) is 2. The number of carbonyl (C=O) groups is 1. The van der Waals surface area contributed by atoms with Gasteiger partial charge in [0.25, 0.3) is 11.7 Å². The van der Waals surface area contributed by atoms with E-state index in [4.69, 9.17) is 4.74 Å². The number of benzene rings is 1. The standard InChI is InChI=1S/C11H13N5O2/c1-7(8-4-3-5-9(6-8)18-2)12-11(17)10-13-15-16-14-10/h3-7H,1-2H3,(H,12,17)(H,13,14,15,16). The van der Waals surface area contributed by atoms with Crippen LogP contribution in [0.3, 0.4) is 0 Å². The first-order valence-electron chi connectivity index (χ1n) is 5.39. The second-order valence-corrected chi connectivity index (χ2v) is 3.71. The number of H-pyrrole nitrogens is 1. The van der Waals surface area contributed by atoms with Crippen LogP contribution in [0, 0.1) is 0 Å². The van der Waals surface area contributed by atoms with E-state index in [1.54, 1.807) is 7.11 Å². The summed E-state index contributed by atoms with van der Waals surface area (Å²) in [6.45, 7) is 1.87. The van der Waals surface area contributed by atoms with Crippen LogP contribution in [-0.2, 0) is 0 Å². The highest BCUT2D eigenvalue weighted by Crippen LogP contribution is 2.18. The number of aromatic nitrogens is 4. The smallest absolute Gasteiger partial charge is 0.293 e. The molecule has 1 atom stereocenters. The van der Waals surface area contributed by atoms with E-state index >= 15 is 0 Å². The SMILES string of the molecule is COc1cccc(C(C)NC(=O)c2nn[nH]n2)c1. The summed E-state index contributed by atoms with van der Waals surface area (Å²) in [5.41, 5.74) is 0.936. The average Bonchev–Trinajstić information content (AvgIpc) is 2.92. The van der Waals surface area contributed by atoms with E-state index in [1.165, 1.54) is 0 Å². The molecule has 1 aromatic carbocycles. The van der Waals surface area contributed by atoms with Crippen molar-refractivity contribution in [2.75, 3.05) is 7.11 Å². The number of carbonyl (C=O) groups excluding carboxylic acids is 1. The van der Waals surface area contributed by atoms with Gasteiger partial charge in [-0.1, -0.05) is 12.1 Å². The predicted octanol–water partition coefficient (Wildman–Crippen LogP) is 0.699. The minimum atomic E-state index is -0.376. The summed E-state index contributed by atoms with van der Waals surface area (Å²) in [7, 11) is 1.60. The molecular formula is C11H13N5O2.